The molecule has 1 atom stereocenters. The van der Waals surface area contributed by atoms with Crippen LogP contribution in [0.25, 0.3) is 0 Å². The lowest BCUT2D eigenvalue weighted by atomic mass is 9.96. The average molecular weight is 343 g/mol. The summed E-state index contributed by atoms with van der Waals surface area (Å²) in [6.07, 6.45) is 0.544. The molecule has 0 fully saturated rings. The predicted octanol–water partition coefficient (Wildman–Crippen LogP) is 2.29. The van der Waals surface area contributed by atoms with E-state index in [1.807, 2.05) is 30.3 Å². The highest BCUT2D eigenvalue weighted by molar-refractivity contribution is 5.81. The first kappa shape index (κ1) is 18.4. The average Bonchev–Trinajstić information content (AvgIpc) is 2.64. The molecule has 7 nitrogen and oxygen atoms in total. The molecular weight excluding hydrogens is 322 g/mol. The number of nitrogens with zero attached hydrogens (tertiary/aromatic N) is 1. The second-order valence-corrected chi connectivity index (χ2v) is 5.55. The summed E-state index contributed by atoms with van der Waals surface area (Å²) in [5, 5.41) is 25.7. The number of hydrogen-bond donors (Lipinski definition) is 3. The van der Waals surface area contributed by atoms with Gasteiger partial charge in [0.2, 0.25) is 5.91 Å². The quantitative estimate of drug-likeness (QED) is 0.479. The van der Waals surface area contributed by atoms with Gasteiger partial charge in [-0.25, -0.2) is 0 Å². The van der Waals surface area contributed by atoms with Gasteiger partial charge >= 0.3 is 0 Å². The fraction of sp³-hybridized carbons (Fsp3) is 0.278. The number of aliphatic hydroxyl groups is 1. The van der Waals surface area contributed by atoms with Crippen molar-refractivity contribution in [3.05, 3.63) is 70.3 Å². The first-order valence-corrected chi connectivity index (χ1v) is 8.01. The van der Waals surface area contributed by atoms with Crippen molar-refractivity contribution in [3.63, 3.8) is 0 Å². The Balaban J connectivity index is 1.88. The van der Waals surface area contributed by atoms with Gasteiger partial charge in [-0.3, -0.25) is 14.9 Å². The molecule has 0 spiro atoms. The summed E-state index contributed by atoms with van der Waals surface area (Å²) >= 11 is 0. The molecule has 0 aliphatic heterocycles. The van der Waals surface area contributed by atoms with Crippen LogP contribution in [0.1, 0.15) is 17.9 Å². The summed E-state index contributed by atoms with van der Waals surface area (Å²) in [6, 6.07) is 15.8. The normalized spacial score (nSPS) is 11.6. The van der Waals surface area contributed by atoms with Gasteiger partial charge in [0.15, 0.2) is 0 Å². The number of amides is 1. The summed E-state index contributed by atoms with van der Waals surface area (Å²) in [7, 11) is 0. The molecule has 0 aromatic heterocycles. The lowest BCUT2D eigenvalue weighted by molar-refractivity contribution is -0.383. The second kappa shape index (κ2) is 9.39. The highest BCUT2D eigenvalue weighted by Crippen LogP contribution is 2.22. The highest BCUT2D eigenvalue weighted by Gasteiger charge is 2.15. The number of nitro benzene ring substituents is 1. The molecule has 2 aromatic carbocycles. The Kier molecular flexibility index (Phi) is 6.91. The van der Waals surface area contributed by atoms with Gasteiger partial charge in [0.25, 0.3) is 5.69 Å². The molecule has 1 unspecified atom stereocenters. The van der Waals surface area contributed by atoms with E-state index in [2.05, 4.69) is 10.6 Å². The molecule has 132 valence electrons. The number of nitro groups is 1. The Bertz CT molecular complexity index is 706. The zero-order chi connectivity index (χ0) is 18.1. The molecule has 7 heteroatoms. The number of carbonyl (C=O) groups excluding carboxylic acids is 1. The lowest BCUT2D eigenvalue weighted by Gasteiger charge is -2.17. The maximum absolute atomic E-state index is 12.0. The third-order valence-electron chi connectivity index (χ3n) is 3.83. The van der Waals surface area contributed by atoms with E-state index in [0.717, 1.165) is 5.56 Å². The van der Waals surface area contributed by atoms with Crippen LogP contribution in [-0.2, 0) is 4.79 Å². The number of nitrogens with one attached hydrogen (secondary N) is 2. The van der Waals surface area contributed by atoms with Crippen molar-refractivity contribution >= 4 is 17.3 Å². The molecule has 2 rings (SSSR count). The third-order valence-corrected chi connectivity index (χ3v) is 3.83. The van der Waals surface area contributed by atoms with E-state index < -0.39 is 4.92 Å². The Morgan fingerprint density at radius 1 is 1.12 bits per heavy atom. The summed E-state index contributed by atoms with van der Waals surface area (Å²) in [6.45, 7) is 0.358. The summed E-state index contributed by atoms with van der Waals surface area (Å²) in [5.74, 6) is -0.252. The van der Waals surface area contributed by atoms with Gasteiger partial charge in [-0.05, 0) is 18.1 Å². The summed E-state index contributed by atoms with van der Waals surface area (Å²) in [4.78, 5) is 22.5. The molecule has 0 heterocycles. The van der Waals surface area contributed by atoms with Crippen molar-refractivity contribution in [3.8, 4) is 0 Å². The molecule has 2 aromatic rings. The summed E-state index contributed by atoms with van der Waals surface area (Å²) < 4.78 is 0. The first-order chi connectivity index (χ1) is 12.1. The summed E-state index contributed by atoms with van der Waals surface area (Å²) in [5.41, 5.74) is 1.28. The minimum atomic E-state index is -0.493. The van der Waals surface area contributed by atoms with E-state index in [1.165, 1.54) is 6.07 Å². The van der Waals surface area contributed by atoms with Gasteiger partial charge in [0.05, 0.1) is 11.5 Å². The Morgan fingerprint density at radius 2 is 1.80 bits per heavy atom. The monoisotopic (exact) mass is 343 g/mol. The van der Waals surface area contributed by atoms with Gasteiger partial charge in [-0.15, -0.1) is 0 Å². The Morgan fingerprint density at radius 3 is 2.48 bits per heavy atom. The number of anilines is 1. The fourth-order valence-corrected chi connectivity index (χ4v) is 2.52. The highest BCUT2D eigenvalue weighted by atomic mass is 16.6. The van der Waals surface area contributed by atoms with Crippen molar-refractivity contribution in [1.82, 2.24) is 5.32 Å². The molecule has 0 saturated carbocycles. The van der Waals surface area contributed by atoms with E-state index in [4.69, 9.17) is 0 Å². The van der Waals surface area contributed by atoms with E-state index in [1.54, 1.807) is 18.2 Å². The molecule has 0 bridgehead atoms. The second-order valence-electron chi connectivity index (χ2n) is 5.55. The largest absolute Gasteiger partial charge is 0.396 e. The molecule has 0 aliphatic rings. The smallest absolute Gasteiger partial charge is 0.292 e. The van der Waals surface area contributed by atoms with Crippen molar-refractivity contribution in [2.45, 2.75) is 12.3 Å². The van der Waals surface area contributed by atoms with Crippen LogP contribution in [0.2, 0.25) is 0 Å². The Labute approximate surface area is 145 Å². The minimum absolute atomic E-state index is 0.0150. The number of carbonyl (C=O) groups is 1. The zero-order valence-electron chi connectivity index (χ0n) is 13.7. The van der Waals surface area contributed by atoms with Gasteiger partial charge in [0.1, 0.15) is 5.69 Å². The molecule has 25 heavy (non-hydrogen) atoms. The maximum atomic E-state index is 12.0. The minimum Gasteiger partial charge on any atom is -0.396 e. The molecule has 0 aliphatic carbocycles. The third kappa shape index (κ3) is 5.58. The number of para-hydroxylation sites is 2. The predicted molar refractivity (Wildman–Crippen MR) is 95.5 cm³/mol. The molecule has 3 N–H and O–H groups in total. The van der Waals surface area contributed by atoms with Gasteiger partial charge in [-0.2, -0.15) is 0 Å². The SMILES string of the molecule is O=C(CNc1ccccc1[N+](=O)[O-])NCC(CCO)c1ccccc1. The number of benzene rings is 2. The number of rotatable bonds is 9. The van der Waals surface area contributed by atoms with Crippen LogP contribution in [0.3, 0.4) is 0 Å². The standard InChI is InChI=1S/C18H21N3O4/c22-11-10-15(14-6-2-1-3-7-14)12-20-18(23)13-19-16-8-4-5-9-17(16)21(24)25/h1-9,15,19,22H,10-13H2,(H,20,23). The zero-order valence-corrected chi connectivity index (χ0v) is 13.7. The van der Waals surface area contributed by atoms with Crippen LogP contribution in [0.4, 0.5) is 11.4 Å². The van der Waals surface area contributed by atoms with Crippen LogP contribution in [0.15, 0.2) is 54.6 Å². The van der Waals surface area contributed by atoms with E-state index in [-0.39, 0.29) is 30.7 Å². The van der Waals surface area contributed by atoms with Gasteiger partial charge in [-0.1, -0.05) is 42.5 Å². The molecular formula is C18H21N3O4. The Hall–Kier alpha value is -2.93. The van der Waals surface area contributed by atoms with E-state index >= 15 is 0 Å². The van der Waals surface area contributed by atoms with Crippen LogP contribution in [-0.4, -0.2) is 35.6 Å². The van der Waals surface area contributed by atoms with Crippen molar-refractivity contribution < 1.29 is 14.8 Å². The topological polar surface area (TPSA) is 104 Å². The first-order valence-electron chi connectivity index (χ1n) is 8.01. The van der Waals surface area contributed by atoms with Crippen molar-refractivity contribution in [1.29, 1.82) is 0 Å². The van der Waals surface area contributed by atoms with E-state index in [9.17, 15) is 20.0 Å². The van der Waals surface area contributed by atoms with Crippen molar-refractivity contribution in [2.75, 3.05) is 25.0 Å². The van der Waals surface area contributed by atoms with Crippen LogP contribution in [0.5, 0.6) is 0 Å². The molecule has 1 amide bonds. The van der Waals surface area contributed by atoms with Gasteiger partial charge in [0, 0.05) is 25.1 Å². The van der Waals surface area contributed by atoms with Crippen LogP contribution in [0, 0.1) is 10.1 Å². The molecule has 0 radical (unpaired) electrons. The van der Waals surface area contributed by atoms with Crippen molar-refractivity contribution in [2.24, 2.45) is 0 Å². The van der Waals surface area contributed by atoms with E-state index in [0.29, 0.717) is 18.7 Å². The molecule has 0 saturated heterocycles. The fourth-order valence-electron chi connectivity index (χ4n) is 2.52. The number of hydrogen-bond acceptors (Lipinski definition) is 5. The maximum Gasteiger partial charge on any atom is 0.292 e. The number of aliphatic hydroxyl groups excluding tert-OH is 1. The van der Waals surface area contributed by atoms with Crippen LogP contribution < -0.4 is 10.6 Å². The van der Waals surface area contributed by atoms with Gasteiger partial charge < -0.3 is 15.7 Å². The van der Waals surface area contributed by atoms with Crippen LogP contribution >= 0.6 is 0 Å². The lowest BCUT2D eigenvalue weighted by Crippen LogP contribution is -2.33.